The Labute approximate surface area is 446 Å². The van der Waals surface area contributed by atoms with E-state index in [0.717, 1.165) is 25.7 Å². The summed E-state index contributed by atoms with van der Waals surface area (Å²) in [4.78, 5) is 28.9. The number of pyridine rings is 4. The van der Waals surface area contributed by atoms with E-state index in [-0.39, 0.29) is 21.7 Å². The van der Waals surface area contributed by atoms with E-state index >= 15 is 0 Å². The minimum atomic E-state index is -0.115. The lowest BCUT2D eigenvalue weighted by Gasteiger charge is -2.29. The molecule has 1 aliphatic rings. The molecule has 0 fully saturated rings. The highest BCUT2D eigenvalue weighted by atomic mass is 32.2. The maximum Gasteiger partial charge on any atom is 0.0303 e. The van der Waals surface area contributed by atoms with Crippen LogP contribution in [0.2, 0.25) is 0 Å². The SMILES string of the molecule is CC(C)(C)c1cc2c(Cc3cccnc3)c(c1)Sc1cc(C(C)(C)C)cc(c1Cc1cccnc1)Sc1cc(C(C)(C)C)cc(c1Cc1cccnc1)Sc1cc(C(C)(C)C)cc(c1Cc1cccnc1)S2. The molecular weight excluding hydrogens is 953 g/mol. The van der Waals surface area contributed by atoms with Crippen LogP contribution in [-0.4, -0.2) is 19.9 Å². The molecule has 0 radical (unpaired) electrons. The van der Waals surface area contributed by atoms with Gasteiger partial charge in [0.05, 0.1) is 0 Å². The summed E-state index contributed by atoms with van der Waals surface area (Å²) in [6.45, 7) is 28.2. The van der Waals surface area contributed by atoms with Crippen molar-refractivity contribution in [3.63, 3.8) is 0 Å². The average Bonchev–Trinajstić information content (AvgIpc) is 3.32. The van der Waals surface area contributed by atoms with Crippen molar-refractivity contribution in [3.8, 4) is 0 Å². The quantitative estimate of drug-likeness (QED) is 0.149. The molecule has 0 spiro atoms. The Bertz CT molecular complexity index is 2670. The Hall–Kier alpha value is -5.12. The van der Waals surface area contributed by atoms with E-state index in [9.17, 15) is 0 Å². The minimum Gasteiger partial charge on any atom is -0.264 e. The fourth-order valence-corrected chi connectivity index (χ4v) is 14.1. The molecule has 8 aromatic rings. The molecule has 4 aromatic heterocycles. The normalized spacial score (nSPS) is 13.3. The van der Waals surface area contributed by atoms with Crippen LogP contribution in [0.4, 0.5) is 0 Å². The van der Waals surface area contributed by atoms with Crippen molar-refractivity contribution in [1.29, 1.82) is 0 Å². The summed E-state index contributed by atoms with van der Waals surface area (Å²) in [6, 6.07) is 37.2. The van der Waals surface area contributed by atoms with Gasteiger partial charge >= 0.3 is 0 Å². The average molecular weight is 1020 g/mol. The molecule has 0 saturated heterocycles. The van der Waals surface area contributed by atoms with Crippen LogP contribution in [0.25, 0.3) is 0 Å². The Morgan fingerprint density at radius 2 is 0.472 bits per heavy atom. The molecule has 0 amide bonds. The zero-order valence-corrected chi connectivity index (χ0v) is 47.4. The lowest BCUT2D eigenvalue weighted by atomic mass is 9.86. The van der Waals surface area contributed by atoms with Crippen molar-refractivity contribution in [3.05, 3.63) is 213 Å². The second-order valence-corrected chi connectivity index (χ2v) is 27.7. The van der Waals surface area contributed by atoms with Gasteiger partial charge in [-0.25, -0.2) is 0 Å². The molecule has 0 N–H and O–H groups in total. The van der Waals surface area contributed by atoms with Gasteiger partial charge in [-0.15, -0.1) is 0 Å². The van der Waals surface area contributed by atoms with Crippen LogP contribution < -0.4 is 0 Å². The first-order valence-corrected chi connectivity index (χ1v) is 28.4. The molecule has 0 atom stereocenters. The highest BCUT2D eigenvalue weighted by Crippen LogP contribution is 2.52. The topological polar surface area (TPSA) is 51.6 Å². The number of rotatable bonds is 8. The molecule has 72 heavy (non-hydrogen) atoms. The van der Waals surface area contributed by atoms with Crippen molar-refractivity contribution in [2.24, 2.45) is 0 Å². The molecule has 368 valence electrons. The fraction of sp³-hybridized carbons (Fsp3) is 0.312. The van der Waals surface area contributed by atoms with Crippen LogP contribution in [0.15, 0.2) is 186 Å². The molecule has 8 bridgehead atoms. The molecule has 4 nitrogen and oxygen atoms in total. The second kappa shape index (κ2) is 21.0. The van der Waals surface area contributed by atoms with Gasteiger partial charge in [0.1, 0.15) is 0 Å². The minimum absolute atomic E-state index is 0.115. The molecule has 0 saturated carbocycles. The molecule has 5 heterocycles. The van der Waals surface area contributed by atoms with Gasteiger partial charge in [0.15, 0.2) is 0 Å². The zero-order chi connectivity index (χ0) is 51.0. The van der Waals surface area contributed by atoms with E-state index in [1.165, 1.54) is 106 Å². The summed E-state index contributed by atoms with van der Waals surface area (Å²) in [5, 5.41) is 0. The summed E-state index contributed by atoms with van der Waals surface area (Å²) in [5.41, 5.74) is 14.9. The van der Waals surface area contributed by atoms with Crippen LogP contribution in [0.1, 0.15) is 150 Å². The molecule has 0 aliphatic carbocycles. The monoisotopic (exact) mass is 1020 g/mol. The molecule has 8 heteroatoms. The number of hydrogen-bond donors (Lipinski definition) is 0. The van der Waals surface area contributed by atoms with E-state index in [0.29, 0.717) is 0 Å². The molecule has 0 unspecified atom stereocenters. The van der Waals surface area contributed by atoms with Gasteiger partial charge in [-0.1, -0.05) is 154 Å². The smallest absolute Gasteiger partial charge is 0.0303 e. The first-order valence-electron chi connectivity index (χ1n) is 25.1. The van der Waals surface area contributed by atoms with Crippen LogP contribution >= 0.6 is 47.0 Å². The van der Waals surface area contributed by atoms with E-state index in [1.54, 1.807) is 0 Å². The van der Waals surface area contributed by atoms with Crippen molar-refractivity contribution in [2.75, 3.05) is 0 Å². The Balaban J connectivity index is 1.44. The predicted molar refractivity (Wildman–Crippen MR) is 305 cm³/mol. The fourth-order valence-electron chi connectivity index (χ4n) is 8.94. The van der Waals surface area contributed by atoms with E-state index < -0.39 is 0 Å². The zero-order valence-electron chi connectivity index (χ0n) is 44.1. The van der Waals surface area contributed by atoms with Crippen LogP contribution in [0.5, 0.6) is 0 Å². The number of hydrogen-bond acceptors (Lipinski definition) is 8. The van der Waals surface area contributed by atoms with Crippen molar-refractivity contribution >= 4 is 47.0 Å². The third kappa shape index (κ3) is 12.3. The summed E-state index contributed by atoms with van der Waals surface area (Å²) in [5.74, 6) is 0. The van der Waals surface area contributed by atoms with Gasteiger partial charge in [0.2, 0.25) is 0 Å². The van der Waals surface area contributed by atoms with Crippen LogP contribution in [0.3, 0.4) is 0 Å². The van der Waals surface area contributed by atoms with Crippen molar-refractivity contribution in [1.82, 2.24) is 19.9 Å². The first kappa shape index (κ1) is 51.8. The maximum absolute atomic E-state index is 4.66. The third-order valence-electron chi connectivity index (χ3n) is 13.4. The summed E-state index contributed by atoms with van der Waals surface area (Å²) in [6.07, 6.45) is 18.7. The number of aromatic nitrogens is 4. The predicted octanol–water partition coefficient (Wildman–Crippen LogP) is 17.7. The standard InChI is InChI=1S/C64H68N4S4/c1-61(2,3)45-29-53-49(25-41-17-13-21-65-37-41)54(30-45)70-56-32-47(63(7,8)9)34-58(51(56)27-43-19-15-23-67-39-43)72-60-36-48(64(10,11)12)35-59(52(60)28-44-20-16-24-68-40-44)71-57-33-46(62(4,5)6)31-55(69-53)50(57)26-42-18-14-22-66-38-42/h13-24,29-40H,25-28H2,1-12H3. The molecule has 1 aliphatic heterocycles. The number of nitrogens with zero attached hydrogens (tertiary/aromatic N) is 4. The maximum atomic E-state index is 4.66. The van der Waals surface area contributed by atoms with Crippen LogP contribution in [0, 0.1) is 0 Å². The summed E-state index contributed by atoms with van der Waals surface area (Å²) in [7, 11) is 0. The Morgan fingerprint density at radius 3 is 0.611 bits per heavy atom. The van der Waals surface area contributed by atoms with Gasteiger partial charge in [-0.3, -0.25) is 19.9 Å². The summed E-state index contributed by atoms with van der Waals surface area (Å²) < 4.78 is 0. The van der Waals surface area contributed by atoms with E-state index in [4.69, 9.17) is 0 Å². The largest absolute Gasteiger partial charge is 0.264 e. The molecular formula is C64H68N4S4. The van der Waals surface area contributed by atoms with Crippen molar-refractivity contribution in [2.45, 2.75) is 170 Å². The van der Waals surface area contributed by atoms with Crippen LogP contribution in [-0.2, 0) is 47.3 Å². The number of benzene rings is 4. The van der Waals surface area contributed by atoms with Gasteiger partial charge in [-0.2, -0.15) is 0 Å². The highest BCUT2D eigenvalue weighted by molar-refractivity contribution is 8.01. The third-order valence-corrected chi connectivity index (χ3v) is 18.1. The molecule has 9 rings (SSSR count). The Kier molecular flexibility index (Phi) is 15.1. The van der Waals surface area contributed by atoms with Gasteiger partial charge in [-0.05, 0) is 161 Å². The Morgan fingerprint density at radius 1 is 0.292 bits per heavy atom. The van der Waals surface area contributed by atoms with Gasteiger partial charge in [0, 0.05) is 114 Å². The second-order valence-electron chi connectivity index (χ2n) is 23.4. The van der Waals surface area contributed by atoms with E-state index in [2.05, 4.69) is 200 Å². The lowest BCUT2D eigenvalue weighted by molar-refractivity contribution is 0.586. The number of fused-ring (bicyclic) bond motifs is 8. The van der Waals surface area contributed by atoms with Gasteiger partial charge < -0.3 is 0 Å². The van der Waals surface area contributed by atoms with E-state index in [1.807, 2.05) is 96.6 Å². The summed E-state index contributed by atoms with van der Waals surface area (Å²) >= 11 is 7.78. The van der Waals surface area contributed by atoms with Crippen molar-refractivity contribution < 1.29 is 0 Å². The highest BCUT2D eigenvalue weighted by Gasteiger charge is 2.29. The van der Waals surface area contributed by atoms with Gasteiger partial charge in [0.25, 0.3) is 0 Å². The lowest BCUT2D eigenvalue weighted by Crippen LogP contribution is -2.14. The molecule has 4 aromatic carbocycles. The first-order chi connectivity index (χ1) is 34.2.